The molecule has 1 heterocycles. The van der Waals surface area contributed by atoms with E-state index in [0.29, 0.717) is 10.8 Å². The van der Waals surface area contributed by atoms with Crippen LogP contribution in [0.15, 0.2) is 6.20 Å². The highest BCUT2D eigenvalue weighted by Crippen LogP contribution is 2.30. The summed E-state index contributed by atoms with van der Waals surface area (Å²) in [6, 6.07) is 0. The van der Waals surface area contributed by atoms with Gasteiger partial charge in [0.2, 0.25) is 0 Å². The molecule has 0 amide bonds. The van der Waals surface area contributed by atoms with E-state index in [1.54, 1.807) is 0 Å². The Labute approximate surface area is 109 Å². The Morgan fingerprint density at radius 3 is 2.25 bits per heavy atom. The van der Waals surface area contributed by atoms with Gasteiger partial charge in [0.05, 0.1) is 3.57 Å². The fraction of sp³-hybridized carbons (Fsp3) is 0.167. The van der Waals surface area contributed by atoms with Crippen LogP contribution < -0.4 is 0 Å². The number of aromatic nitrogens is 1. The van der Waals surface area contributed by atoms with Crippen LogP contribution in [0.2, 0.25) is 0 Å². The molecule has 1 rings (SSSR count). The van der Waals surface area contributed by atoms with Crippen LogP contribution in [0.3, 0.4) is 0 Å². The van der Waals surface area contributed by atoms with Gasteiger partial charge in [0.25, 0.3) is 6.43 Å². The van der Waals surface area contributed by atoms with Crippen molar-refractivity contribution in [2.75, 3.05) is 0 Å². The van der Waals surface area contributed by atoms with Crippen molar-refractivity contribution in [1.82, 2.24) is 4.98 Å². The predicted molar refractivity (Wildman–Crippen MR) is 67.3 cm³/mol. The molecule has 12 heavy (non-hydrogen) atoms. The first-order chi connectivity index (χ1) is 5.54. The monoisotopic (exact) mass is 507 g/mol. The number of hydrogen-bond acceptors (Lipinski definition) is 1. The van der Waals surface area contributed by atoms with Crippen LogP contribution in [-0.4, -0.2) is 4.98 Å². The Hall–Kier alpha value is 1.20. The molecule has 0 aromatic carbocycles. The van der Waals surface area contributed by atoms with E-state index in [-0.39, 0.29) is 5.56 Å². The zero-order chi connectivity index (χ0) is 9.30. The maximum Gasteiger partial charge on any atom is 0.266 e. The number of rotatable bonds is 1. The van der Waals surface area contributed by atoms with Crippen molar-refractivity contribution in [3.05, 3.63) is 22.6 Å². The molecule has 66 valence electrons. The maximum absolute atomic E-state index is 12.4. The zero-order valence-electron chi connectivity index (χ0n) is 5.49. The number of alkyl halides is 2. The summed E-state index contributed by atoms with van der Waals surface area (Å²) in [4.78, 5) is 3.96. The van der Waals surface area contributed by atoms with Crippen LogP contribution in [0.4, 0.5) is 8.78 Å². The number of hydrogen-bond donors (Lipinski definition) is 0. The molecule has 0 spiro atoms. The standard InChI is InChI=1S/C6H2F2I3N/c7-5(8)3-2(9)1-12-6(11)4(3)10/h1,5H. The highest BCUT2D eigenvalue weighted by molar-refractivity contribution is 14.1. The fourth-order valence-electron chi connectivity index (χ4n) is 0.656. The molecule has 0 unspecified atom stereocenters. The Morgan fingerprint density at radius 2 is 1.83 bits per heavy atom. The van der Waals surface area contributed by atoms with Gasteiger partial charge in [0.15, 0.2) is 0 Å². The summed E-state index contributed by atoms with van der Waals surface area (Å²) in [5.41, 5.74) is 0.0931. The molecule has 0 saturated carbocycles. The lowest BCUT2D eigenvalue weighted by atomic mass is 10.3. The molecule has 0 bridgehead atoms. The third-order valence-corrected chi connectivity index (χ3v) is 4.99. The minimum Gasteiger partial charge on any atom is -0.248 e. The zero-order valence-corrected chi connectivity index (χ0v) is 12.0. The first kappa shape index (κ1) is 11.3. The van der Waals surface area contributed by atoms with Crippen molar-refractivity contribution in [3.63, 3.8) is 0 Å². The topological polar surface area (TPSA) is 12.9 Å². The van der Waals surface area contributed by atoms with Gasteiger partial charge in [-0.2, -0.15) is 0 Å². The Morgan fingerprint density at radius 1 is 1.25 bits per heavy atom. The van der Waals surface area contributed by atoms with E-state index in [1.165, 1.54) is 6.20 Å². The molecule has 1 nitrogen and oxygen atoms in total. The largest absolute Gasteiger partial charge is 0.266 e. The lowest BCUT2D eigenvalue weighted by Crippen LogP contribution is -1.98. The van der Waals surface area contributed by atoms with Crippen molar-refractivity contribution < 1.29 is 8.78 Å². The van der Waals surface area contributed by atoms with Gasteiger partial charge in [-0.1, -0.05) is 0 Å². The highest BCUT2D eigenvalue weighted by atomic mass is 127. The second-order valence-corrected chi connectivity index (χ2v) is 5.19. The summed E-state index contributed by atoms with van der Waals surface area (Å²) in [5.74, 6) is 0. The lowest BCUT2D eigenvalue weighted by Gasteiger charge is -2.06. The first-order valence-electron chi connectivity index (χ1n) is 2.81. The van der Waals surface area contributed by atoms with Crippen LogP contribution in [0.25, 0.3) is 0 Å². The van der Waals surface area contributed by atoms with E-state index in [0.717, 1.165) is 0 Å². The van der Waals surface area contributed by atoms with Gasteiger partial charge >= 0.3 is 0 Å². The smallest absolute Gasteiger partial charge is 0.248 e. The SMILES string of the molecule is FC(F)c1c(I)cnc(I)c1I. The molecule has 6 heteroatoms. The van der Waals surface area contributed by atoms with Gasteiger partial charge < -0.3 is 0 Å². The summed E-state index contributed by atoms with van der Waals surface area (Å²) in [7, 11) is 0. The normalized spacial score (nSPS) is 10.8. The molecule has 0 N–H and O–H groups in total. The average molecular weight is 507 g/mol. The predicted octanol–water partition coefficient (Wildman–Crippen LogP) is 3.83. The lowest BCUT2D eigenvalue weighted by molar-refractivity contribution is 0.149. The molecule has 1 aromatic rings. The van der Waals surface area contributed by atoms with Gasteiger partial charge in [-0.05, 0) is 67.8 Å². The molecule has 0 aliphatic carbocycles. The van der Waals surface area contributed by atoms with Crippen molar-refractivity contribution in [2.45, 2.75) is 6.43 Å². The van der Waals surface area contributed by atoms with Crippen molar-refractivity contribution in [1.29, 1.82) is 0 Å². The maximum atomic E-state index is 12.4. The van der Waals surface area contributed by atoms with Crippen LogP contribution >= 0.6 is 67.8 Å². The van der Waals surface area contributed by atoms with Crippen molar-refractivity contribution in [2.24, 2.45) is 0 Å². The molecule has 0 radical (unpaired) electrons. The van der Waals surface area contributed by atoms with Crippen LogP contribution in [0, 0.1) is 10.8 Å². The van der Waals surface area contributed by atoms with Crippen LogP contribution in [0.5, 0.6) is 0 Å². The number of halogens is 5. The summed E-state index contributed by atoms with van der Waals surface area (Å²) >= 11 is 5.70. The summed E-state index contributed by atoms with van der Waals surface area (Å²) in [5, 5.41) is 0. The minimum absolute atomic E-state index is 0.0931. The van der Waals surface area contributed by atoms with Gasteiger partial charge in [-0.25, -0.2) is 13.8 Å². The van der Waals surface area contributed by atoms with E-state index >= 15 is 0 Å². The molecule has 1 aromatic heterocycles. The van der Waals surface area contributed by atoms with Crippen molar-refractivity contribution in [3.8, 4) is 0 Å². The quantitative estimate of drug-likeness (QED) is 0.417. The fourth-order valence-corrected chi connectivity index (χ4v) is 2.91. The van der Waals surface area contributed by atoms with E-state index in [9.17, 15) is 8.78 Å². The number of pyridine rings is 1. The Bertz CT molecular complexity index is 303. The van der Waals surface area contributed by atoms with Gasteiger partial charge in [0.1, 0.15) is 3.70 Å². The van der Waals surface area contributed by atoms with Crippen LogP contribution in [0.1, 0.15) is 12.0 Å². The molecule has 0 saturated heterocycles. The summed E-state index contributed by atoms with van der Waals surface area (Å²) < 4.78 is 26.6. The average Bonchev–Trinajstić information content (AvgIpc) is 1.97. The molecular formula is C6H2F2I3N. The Kier molecular flexibility index (Phi) is 4.34. The van der Waals surface area contributed by atoms with Gasteiger partial charge in [-0.3, -0.25) is 0 Å². The second kappa shape index (κ2) is 4.62. The van der Waals surface area contributed by atoms with E-state index in [2.05, 4.69) is 4.98 Å². The van der Waals surface area contributed by atoms with Crippen LogP contribution in [-0.2, 0) is 0 Å². The molecule has 0 atom stereocenters. The van der Waals surface area contributed by atoms with E-state index in [1.807, 2.05) is 67.8 Å². The Balaban J connectivity index is 3.33. The van der Waals surface area contributed by atoms with E-state index < -0.39 is 6.43 Å². The molecule has 0 aliphatic rings. The first-order valence-corrected chi connectivity index (χ1v) is 6.05. The van der Waals surface area contributed by atoms with Gasteiger partial charge in [-0.15, -0.1) is 0 Å². The van der Waals surface area contributed by atoms with Crippen molar-refractivity contribution >= 4 is 67.8 Å². The van der Waals surface area contributed by atoms with Gasteiger partial charge in [0, 0.05) is 15.3 Å². The molecule has 0 aliphatic heterocycles. The highest BCUT2D eigenvalue weighted by Gasteiger charge is 2.17. The molecular weight excluding hydrogens is 505 g/mol. The third kappa shape index (κ3) is 2.36. The summed E-state index contributed by atoms with van der Waals surface area (Å²) in [6.07, 6.45) is -0.952. The van der Waals surface area contributed by atoms with E-state index in [4.69, 9.17) is 0 Å². The molecule has 0 fully saturated rings. The number of nitrogens with zero attached hydrogens (tertiary/aromatic N) is 1. The minimum atomic E-state index is -2.42. The third-order valence-electron chi connectivity index (χ3n) is 1.18. The summed E-state index contributed by atoms with van der Waals surface area (Å²) in [6.45, 7) is 0. The second-order valence-electron chi connectivity index (χ2n) is 1.93.